The molecule has 0 spiro atoms. The summed E-state index contributed by atoms with van der Waals surface area (Å²) in [4.78, 5) is 23.9. The van der Waals surface area contributed by atoms with Crippen LogP contribution in [0.4, 0.5) is 0 Å². The number of benzene rings is 2. The first-order chi connectivity index (χ1) is 13.1. The van der Waals surface area contributed by atoms with Gasteiger partial charge in [-0.25, -0.2) is 0 Å². The number of carbonyl (C=O) groups excluding carboxylic acids is 2. The molecule has 2 nitrogen and oxygen atoms in total. The van der Waals surface area contributed by atoms with Gasteiger partial charge in [0.1, 0.15) is 5.78 Å². The third-order valence-electron chi connectivity index (χ3n) is 5.82. The molecule has 142 valence electrons. The van der Waals surface area contributed by atoms with E-state index in [1.54, 1.807) is 0 Å². The predicted molar refractivity (Wildman–Crippen MR) is 111 cm³/mol. The zero-order chi connectivity index (χ0) is 19.2. The summed E-state index contributed by atoms with van der Waals surface area (Å²) in [5.41, 5.74) is 4.35. The summed E-state index contributed by atoms with van der Waals surface area (Å²) in [6, 6.07) is 16.5. The van der Waals surface area contributed by atoms with E-state index in [-0.39, 0.29) is 18.0 Å². The molecule has 0 aliphatic heterocycles. The fraction of sp³-hybridized carbons (Fsp3) is 0.440. The maximum atomic E-state index is 12.2. The minimum Gasteiger partial charge on any atom is -0.299 e. The van der Waals surface area contributed by atoms with Crippen molar-refractivity contribution in [2.45, 2.75) is 64.7 Å². The van der Waals surface area contributed by atoms with E-state index in [0.717, 1.165) is 17.9 Å². The van der Waals surface area contributed by atoms with Crippen LogP contribution in [0, 0.1) is 5.92 Å². The minimum absolute atomic E-state index is 0.0158. The highest BCUT2D eigenvalue weighted by Crippen LogP contribution is 2.36. The van der Waals surface area contributed by atoms with Crippen LogP contribution in [-0.4, -0.2) is 11.6 Å². The monoisotopic (exact) mass is 362 g/mol. The van der Waals surface area contributed by atoms with Gasteiger partial charge in [-0.1, -0.05) is 75.2 Å². The second kappa shape index (κ2) is 9.12. The Morgan fingerprint density at radius 3 is 1.96 bits per heavy atom. The molecular formula is C25H30O2. The van der Waals surface area contributed by atoms with E-state index in [1.165, 1.54) is 36.8 Å². The summed E-state index contributed by atoms with van der Waals surface area (Å²) in [6.45, 7) is 4.31. The molecule has 0 bridgehead atoms. The first-order valence-electron chi connectivity index (χ1n) is 10.3. The highest BCUT2D eigenvalue weighted by molar-refractivity contribution is 6.08. The third kappa shape index (κ3) is 5.15. The summed E-state index contributed by atoms with van der Waals surface area (Å²) >= 11 is 0. The average molecular weight is 363 g/mol. The van der Waals surface area contributed by atoms with E-state index >= 15 is 0 Å². The van der Waals surface area contributed by atoms with E-state index in [0.29, 0.717) is 17.9 Å². The van der Waals surface area contributed by atoms with Crippen molar-refractivity contribution in [2.24, 2.45) is 5.92 Å². The molecule has 0 unspecified atom stereocenters. The van der Waals surface area contributed by atoms with Crippen molar-refractivity contribution < 1.29 is 9.59 Å². The second-order valence-electron chi connectivity index (χ2n) is 8.04. The molecule has 1 aliphatic carbocycles. The van der Waals surface area contributed by atoms with Crippen LogP contribution in [0.3, 0.4) is 0 Å². The highest BCUT2D eigenvalue weighted by atomic mass is 16.1. The molecule has 0 N–H and O–H groups in total. The standard InChI is InChI=1S/C25H30O2/c1-3-4-24(26)17-25(27)23-15-13-22(14-16-23)21-11-9-20(10-12-21)19-7-5-18(2)6-8-19/h9-16,18-19H,3-8,17H2,1-2H3. The first kappa shape index (κ1) is 19.5. The highest BCUT2D eigenvalue weighted by Gasteiger charge is 2.19. The lowest BCUT2D eigenvalue weighted by atomic mass is 9.79. The fourth-order valence-corrected chi connectivity index (χ4v) is 4.04. The normalized spacial score (nSPS) is 19.6. The van der Waals surface area contributed by atoms with E-state index in [9.17, 15) is 9.59 Å². The lowest BCUT2D eigenvalue weighted by Crippen LogP contribution is -2.10. The fourth-order valence-electron chi connectivity index (χ4n) is 4.04. The van der Waals surface area contributed by atoms with E-state index in [1.807, 2.05) is 31.2 Å². The molecule has 1 fully saturated rings. The molecule has 3 rings (SSSR count). The number of carbonyl (C=O) groups is 2. The Labute approximate surface area is 163 Å². The second-order valence-corrected chi connectivity index (χ2v) is 8.04. The van der Waals surface area contributed by atoms with Crippen LogP contribution in [0.2, 0.25) is 0 Å². The average Bonchev–Trinajstić information content (AvgIpc) is 2.69. The van der Waals surface area contributed by atoms with Gasteiger partial charge in [-0.3, -0.25) is 9.59 Å². The molecule has 27 heavy (non-hydrogen) atoms. The Morgan fingerprint density at radius 1 is 0.852 bits per heavy atom. The van der Waals surface area contributed by atoms with Gasteiger partial charge in [-0.15, -0.1) is 0 Å². The number of rotatable bonds is 7. The van der Waals surface area contributed by atoms with Crippen molar-refractivity contribution in [3.05, 3.63) is 59.7 Å². The Bertz CT molecular complexity index is 763. The van der Waals surface area contributed by atoms with Gasteiger partial charge in [-0.05, 0) is 47.8 Å². The van der Waals surface area contributed by atoms with Crippen molar-refractivity contribution in [3.8, 4) is 11.1 Å². The molecule has 2 aromatic rings. The zero-order valence-electron chi connectivity index (χ0n) is 16.5. The maximum Gasteiger partial charge on any atom is 0.170 e. The Kier molecular flexibility index (Phi) is 6.60. The molecule has 1 aliphatic rings. The van der Waals surface area contributed by atoms with Gasteiger partial charge < -0.3 is 0 Å². The lowest BCUT2D eigenvalue weighted by molar-refractivity contribution is -0.118. The van der Waals surface area contributed by atoms with Crippen LogP contribution in [0.5, 0.6) is 0 Å². The van der Waals surface area contributed by atoms with Gasteiger partial charge >= 0.3 is 0 Å². The number of ketones is 2. The zero-order valence-corrected chi connectivity index (χ0v) is 16.5. The van der Waals surface area contributed by atoms with Gasteiger partial charge in [0.05, 0.1) is 6.42 Å². The summed E-state index contributed by atoms with van der Waals surface area (Å²) in [6.07, 6.45) is 6.56. The molecular weight excluding hydrogens is 332 g/mol. The van der Waals surface area contributed by atoms with Crippen LogP contribution >= 0.6 is 0 Å². The smallest absolute Gasteiger partial charge is 0.170 e. The summed E-state index contributed by atoms with van der Waals surface area (Å²) in [7, 11) is 0. The Balaban J connectivity index is 1.64. The van der Waals surface area contributed by atoms with E-state index in [2.05, 4.69) is 31.2 Å². The summed E-state index contributed by atoms with van der Waals surface area (Å²) in [5, 5.41) is 0. The number of Topliss-reactive ketones (excluding diaryl/α,β-unsaturated/α-hetero) is 2. The first-order valence-corrected chi connectivity index (χ1v) is 10.3. The van der Waals surface area contributed by atoms with E-state index in [4.69, 9.17) is 0 Å². The lowest BCUT2D eigenvalue weighted by Gasteiger charge is -2.26. The molecule has 1 saturated carbocycles. The molecule has 0 atom stereocenters. The predicted octanol–water partition coefficient (Wildman–Crippen LogP) is 6.59. The Hall–Kier alpha value is -2.22. The molecule has 0 radical (unpaired) electrons. The van der Waals surface area contributed by atoms with Crippen molar-refractivity contribution in [1.82, 2.24) is 0 Å². The summed E-state index contributed by atoms with van der Waals surface area (Å²) < 4.78 is 0. The van der Waals surface area contributed by atoms with Crippen molar-refractivity contribution in [3.63, 3.8) is 0 Å². The van der Waals surface area contributed by atoms with Gasteiger partial charge in [0.2, 0.25) is 0 Å². The maximum absolute atomic E-state index is 12.2. The largest absolute Gasteiger partial charge is 0.299 e. The molecule has 0 amide bonds. The number of hydrogen-bond donors (Lipinski definition) is 0. The SMILES string of the molecule is CCCC(=O)CC(=O)c1ccc(-c2ccc(C3CCC(C)CC3)cc2)cc1. The molecule has 2 heteroatoms. The quantitative estimate of drug-likeness (QED) is 0.411. The van der Waals surface area contributed by atoms with Crippen LogP contribution in [-0.2, 0) is 4.79 Å². The number of hydrogen-bond acceptors (Lipinski definition) is 2. The van der Waals surface area contributed by atoms with Crippen LogP contribution in [0.1, 0.15) is 80.6 Å². The summed E-state index contributed by atoms with van der Waals surface area (Å²) in [5.74, 6) is 1.52. The van der Waals surface area contributed by atoms with Crippen molar-refractivity contribution in [2.75, 3.05) is 0 Å². The molecule has 2 aromatic carbocycles. The minimum atomic E-state index is -0.0816. The van der Waals surface area contributed by atoms with Crippen LogP contribution < -0.4 is 0 Å². The third-order valence-corrected chi connectivity index (χ3v) is 5.82. The molecule has 0 aromatic heterocycles. The molecule has 0 saturated heterocycles. The Morgan fingerprint density at radius 2 is 1.41 bits per heavy atom. The topological polar surface area (TPSA) is 34.1 Å². The van der Waals surface area contributed by atoms with Gasteiger partial charge in [0.15, 0.2) is 5.78 Å². The van der Waals surface area contributed by atoms with Gasteiger partial charge in [-0.2, -0.15) is 0 Å². The van der Waals surface area contributed by atoms with Crippen molar-refractivity contribution in [1.29, 1.82) is 0 Å². The van der Waals surface area contributed by atoms with Crippen molar-refractivity contribution >= 4 is 11.6 Å². The van der Waals surface area contributed by atoms with Gasteiger partial charge in [0, 0.05) is 12.0 Å². The molecule has 0 heterocycles. The van der Waals surface area contributed by atoms with Crippen LogP contribution in [0.15, 0.2) is 48.5 Å². The van der Waals surface area contributed by atoms with Crippen LogP contribution in [0.25, 0.3) is 11.1 Å². The van der Waals surface area contributed by atoms with E-state index < -0.39 is 0 Å². The van der Waals surface area contributed by atoms with Gasteiger partial charge in [0.25, 0.3) is 0 Å².